The first kappa shape index (κ1) is 12.1. The molecule has 1 amide bonds. The van der Waals surface area contributed by atoms with Gasteiger partial charge in [0.2, 0.25) is 10.1 Å². The maximum Gasteiger partial charge on any atom is 0.289 e. The van der Waals surface area contributed by atoms with Crippen molar-refractivity contribution in [1.82, 2.24) is 10.2 Å². The molecular formula is C13H14N4OS. The number of amides is 1. The molecule has 6 heteroatoms. The molecule has 3 rings (SSSR count). The van der Waals surface area contributed by atoms with Gasteiger partial charge in [-0.1, -0.05) is 29.5 Å². The lowest BCUT2D eigenvalue weighted by atomic mass is 10.0. The van der Waals surface area contributed by atoms with Crippen molar-refractivity contribution in [3.63, 3.8) is 0 Å². The molecule has 0 fully saturated rings. The summed E-state index contributed by atoms with van der Waals surface area (Å²) in [5.41, 5.74) is 2.22. The number of anilines is 2. The molecule has 0 atom stereocenters. The summed E-state index contributed by atoms with van der Waals surface area (Å²) in [6.45, 7) is 0.740. The molecule has 0 saturated carbocycles. The summed E-state index contributed by atoms with van der Waals surface area (Å²) in [5.74, 6) is -0.0637. The number of para-hydroxylation sites is 1. The van der Waals surface area contributed by atoms with E-state index in [4.69, 9.17) is 0 Å². The number of aryl methyl sites for hydroxylation is 1. The van der Waals surface area contributed by atoms with E-state index < -0.39 is 0 Å². The van der Waals surface area contributed by atoms with Crippen LogP contribution in [0.5, 0.6) is 0 Å². The highest BCUT2D eigenvalue weighted by Crippen LogP contribution is 2.29. The van der Waals surface area contributed by atoms with Gasteiger partial charge in [-0.3, -0.25) is 4.79 Å². The van der Waals surface area contributed by atoms with Crippen molar-refractivity contribution in [3.05, 3.63) is 34.8 Å². The summed E-state index contributed by atoms with van der Waals surface area (Å²) in [5, 5.41) is 11.9. The topological polar surface area (TPSA) is 58.1 Å². The SMILES string of the molecule is CNc1nnc(C(=O)N2CCCc3ccccc32)s1. The number of benzene rings is 1. The minimum Gasteiger partial charge on any atom is -0.363 e. The van der Waals surface area contributed by atoms with Crippen molar-refractivity contribution in [1.29, 1.82) is 0 Å². The Morgan fingerprint density at radius 2 is 2.21 bits per heavy atom. The van der Waals surface area contributed by atoms with Crippen LogP contribution in [0.15, 0.2) is 24.3 Å². The molecule has 1 N–H and O–H groups in total. The fourth-order valence-corrected chi connectivity index (χ4v) is 2.92. The summed E-state index contributed by atoms with van der Waals surface area (Å²) < 4.78 is 0. The highest BCUT2D eigenvalue weighted by molar-refractivity contribution is 7.17. The van der Waals surface area contributed by atoms with Crippen molar-refractivity contribution < 1.29 is 4.79 Å². The fourth-order valence-electron chi connectivity index (χ4n) is 2.27. The van der Waals surface area contributed by atoms with E-state index in [-0.39, 0.29) is 5.91 Å². The Balaban J connectivity index is 1.93. The molecule has 19 heavy (non-hydrogen) atoms. The molecule has 2 aromatic rings. The minimum absolute atomic E-state index is 0.0637. The number of carbonyl (C=O) groups is 1. The summed E-state index contributed by atoms with van der Waals surface area (Å²) >= 11 is 1.28. The largest absolute Gasteiger partial charge is 0.363 e. The third-order valence-electron chi connectivity index (χ3n) is 3.18. The Morgan fingerprint density at radius 3 is 3.00 bits per heavy atom. The predicted molar refractivity (Wildman–Crippen MR) is 75.9 cm³/mol. The van der Waals surface area contributed by atoms with Crippen LogP contribution < -0.4 is 10.2 Å². The van der Waals surface area contributed by atoms with E-state index in [1.54, 1.807) is 11.9 Å². The number of rotatable bonds is 2. The third-order valence-corrected chi connectivity index (χ3v) is 4.11. The number of hydrogen-bond acceptors (Lipinski definition) is 5. The van der Waals surface area contributed by atoms with E-state index in [0.29, 0.717) is 10.1 Å². The molecule has 98 valence electrons. The lowest BCUT2D eigenvalue weighted by molar-refractivity contribution is 0.0984. The number of carbonyl (C=O) groups excluding carboxylic acids is 1. The van der Waals surface area contributed by atoms with Crippen LogP contribution in [0.1, 0.15) is 21.8 Å². The van der Waals surface area contributed by atoms with E-state index in [9.17, 15) is 4.79 Å². The molecule has 0 unspecified atom stereocenters. The number of fused-ring (bicyclic) bond motifs is 1. The Labute approximate surface area is 115 Å². The summed E-state index contributed by atoms with van der Waals surface area (Å²) in [7, 11) is 1.77. The quantitative estimate of drug-likeness (QED) is 0.912. The predicted octanol–water partition coefficient (Wildman–Crippen LogP) is 2.17. The molecule has 1 aliphatic heterocycles. The van der Waals surface area contributed by atoms with Crippen LogP contribution in [-0.2, 0) is 6.42 Å². The zero-order valence-electron chi connectivity index (χ0n) is 10.6. The van der Waals surface area contributed by atoms with Crippen LogP contribution >= 0.6 is 11.3 Å². The fraction of sp³-hybridized carbons (Fsp3) is 0.308. The van der Waals surface area contributed by atoms with Crippen molar-refractivity contribution in [2.24, 2.45) is 0 Å². The van der Waals surface area contributed by atoms with E-state index in [1.807, 2.05) is 18.2 Å². The van der Waals surface area contributed by atoms with Crippen LogP contribution in [-0.4, -0.2) is 29.7 Å². The van der Waals surface area contributed by atoms with E-state index >= 15 is 0 Å². The molecule has 0 aliphatic carbocycles. The van der Waals surface area contributed by atoms with Gasteiger partial charge in [-0.05, 0) is 24.5 Å². The second-order valence-electron chi connectivity index (χ2n) is 4.35. The lowest BCUT2D eigenvalue weighted by Gasteiger charge is -2.28. The second-order valence-corrected chi connectivity index (χ2v) is 5.33. The molecule has 1 aromatic carbocycles. The molecule has 0 radical (unpaired) electrons. The number of nitrogens with zero attached hydrogens (tertiary/aromatic N) is 3. The zero-order chi connectivity index (χ0) is 13.2. The van der Waals surface area contributed by atoms with Gasteiger partial charge in [0, 0.05) is 19.3 Å². The van der Waals surface area contributed by atoms with Crippen LogP contribution in [0.2, 0.25) is 0 Å². The highest BCUT2D eigenvalue weighted by Gasteiger charge is 2.25. The monoisotopic (exact) mass is 274 g/mol. The first-order chi connectivity index (χ1) is 9.29. The maximum absolute atomic E-state index is 12.5. The van der Waals surface area contributed by atoms with Gasteiger partial charge in [-0.2, -0.15) is 0 Å². The van der Waals surface area contributed by atoms with Crippen molar-refractivity contribution >= 4 is 28.1 Å². The summed E-state index contributed by atoms with van der Waals surface area (Å²) in [6.07, 6.45) is 2.01. The smallest absolute Gasteiger partial charge is 0.289 e. The van der Waals surface area contributed by atoms with Gasteiger partial charge >= 0.3 is 0 Å². The van der Waals surface area contributed by atoms with Gasteiger partial charge in [0.15, 0.2) is 0 Å². The summed E-state index contributed by atoms with van der Waals surface area (Å²) in [6, 6.07) is 8.04. The average Bonchev–Trinajstić information content (AvgIpc) is 2.95. The Kier molecular flexibility index (Phi) is 3.16. The van der Waals surface area contributed by atoms with Gasteiger partial charge in [-0.25, -0.2) is 0 Å². The molecule has 0 saturated heterocycles. The van der Waals surface area contributed by atoms with Crippen LogP contribution in [0.3, 0.4) is 0 Å². The van der Waals surface area contributed by atoms with Gasteiger partial charge < -0.3 is 10.2 Å². The van der Waals surface area contributed by atoms with Gasteiger partial charge in [0.25, 0.3) is 5.91 Å². The van der Waals surface area contributed by atoms with Gasteiger partial charge in [0.1, 0.15) is 0 Å². The number of aromatic nitrogens is 2. The lowest BCUT2D eigenvalue weighted by Crippen LogP contribution is -2.35. The molecule has 0 spiro atoms. The molecular weight excluding hydrogens is 260 g/mol. The highest BCUT2D eigenvalue weighted by atomic mass is 32.1. The molecule has 1 aromatic heterocycles. The molecule has 0 bridgehead atoms. The van der Waals surface area contributed by atoms with E-state index in [2.05, 4.69) is 21.6 Å². The molecule has 5 nitrogen and oxygen atoms in total. The van der Waals surface area contributed by atoms with E-state index in [0.717, 1.165) is 25.1 Å². The maximum atomic E-state index is 12.5. The Hall–Kier alpha value is -1.95. The first-order valence-corrected chi connectivity index (χ1v) is 7.02. The number of nitrogens with one attached hydrogen (secondary N) is 1. The minimum atomic E-state index is -0.0637. The first-order valence-electron chi connectivity index (χ1n) is 6.20. The van der Waals surface area contributed by atoms with Crippen molar-refractivity contribution in [2.45, 2.75) is 12.8 Å². The van der Waals surface area contributed by atoms with Crippen LogP contribution in [0.4, 0.5) is 10.8 Å². The molecule has 2 heterocycles. The van der Waals surface area contributed by atoms with Gasteiger partial charge in [0.05, 0.1) is 0 Å². The normalized spacial score (nSPS) is 14.1. The standard InChI is InChI=1S/C13H14N4OS/c1-14-13-16-15-11(19-13)12(18)17-8-4-6-9-5-2-3-7-10(9)17/h2-3,5,7H,4,6,8H2,1H3,(H,14,16). The molecule has 1 aliphatic rings. The van der Waals surface area contributed by atoms with Crippen molar-refractivity contribution in [2.75, 3.05) is 23.8 Å². The Bertz CT molecular complexity index is 610. The zero-order valence-corrected chi connectivity index (χ0v) is 11.4. The Morgan fingerprint density at radius 1 is 1.37 bits per heavy atom. The number of hydrogen-bond donors (Lipinski definition) is 1. The van der Waals surface area contributed by atoms with E-state index in [1.165, 1.54) is 16.9 Å². The summed E-state index contributed by atoms with van der Waals surface area (Å²) in [4.78, 5) is 14.3. The van der Waals surface area contributed by atoms with Gasteiger partial charge in [-0.15, -0.1) is 10.2 Å². The average molecular weight is 274 g/mol. The second kappa shape index (κ2) is 4.97. The van der Waals surface area contributed by atoms with Crippen LogP contribution in [0, 0.1) is 0 Å². The van der Waals surface area contributed by atoms with Crippen LogP contribution in [0.25, 0.3) is 0 Å². The third kappa shape index (κ3) is 2.19. The van der Waals surface area contributed by atoms with Crippen molar-refractivity contribution in [3.8, 4) is 0 Å².